The summed E-state index contributed by atoms with van der Waals surface area (Å²) in [5.74, 6) is -0.501. The molecule has 2 amide bonds. The maximum Gasteiger partial charge on any atom is 0.245 e. The van der Waals surface area contributed by atoms with Gasteiger partial charge in [-0.2, -0.15) is 5.10 Å². The molecule has 0 bridgehead atoms. The van der Waals surface area contributed by atoms with Gasteiger partial charge in [0.15, 0.2) is 0 Å². The molecule has 22 heavy (non-hydrogen) atoms. The highest BCUT2D eigenvalue weighted by molar-refractivity contribution is 5.96. The first-order chi connectivity index (χ1) is 10.5. The van der Waals surface area contributed by atoms with Gasteiger partial charge in [0, 0.05) is 18.1 Å². The Morgan fingerprint density at radius 3 is 2.50 bits per heavy atom. The lowest BCUT2D eigenvalue weighted by atomic mass is 10.1. The van der Waals surface area contributed by atoms with Gasteiger partial charge in [-0.25, -0.2) is 0 Å². The van der Waals surface area contributed by atoms with Gasteiger partial charge in [-0.1, -0.05) is 18.2 Å². The summed E-state index contributed by atoms with van der Waals surface area (Å²) in [4.78, 5) is 24.0. The number of rotatable bonds is 5. The van der Waals surface area contributed by atoms with Crippen molar-refractivity contribution in [2.45, 2.75) is 26.8 Å². The van der Waals surface area contributed by atoms with Crippen LogP contribution in [0.25, 0.3) is 0 Å². The monoisotopic (exact) mass is 300 g/mol. The Morgan fingerprint density at radius 1 is 1.23 bits per heavy atom. The molecule has 2 N–H and O–H groups in total. The Labute approximate surface area is 129 Å². The van der Waals surface area contributed by atoms with Gasteiger partial charge in [0.2, 0.25) is 11.8 Å². The van der Waals surface area contributed by atoms with Crippen LogP contribution >= 0.6 is 0 Å². The van der Waals surface area contributed by atoms with Gasteiger partial charge in [-0.05, 0) is 38.0 Å². The number of nitrogens with one attached hydrogen (secondary N) is 2. The first-order valence-electron chi connectivity index (χ1n) is 7.12. The molecule has 2 rings (SSSR count). The lowest BCUT2D eigenvalue weighted by Gasteiger charge is -2.14. The van der Waals surface area contributed by atoms with Gasteiger partial charge < -0.3 is 10.6 Å². The molecule has 0 aliphatic heterocycles. The smallest absolute Gasteiger partial charge is 0.245 e. The standard InChI is InChI=1S/C16H20N4O2/c1-11-6-4-7-12(2)15(11)19-14(21)10-17-16(22)13(3)20-9-5-8-18-20/h4-9,13H,10H2,1-3H3,(H,17,22)(H,19,21)/t13-/m0/s1. The second-order valence-electron chi connectivity index (χ2n) is 5.19. The molecule has 1 aromatic heterocycles. The number of anilines is 1. The summed E-state index contributed by atoms with van der Waals surface area (Å²) in [5, 5.41) is 9.46. The van der Waals surface area contributed by atoms with Gasteiger partial charge in [-0.15, -0.1) is 0 Å². The van der Waals surface area contributed by atoms with Crippen molar-refractivity contribution in [3.05, 3.63) is 47.8 Å². The minimum atomic E-state index is -0.456. The summed E-state index contributed by atoms with van der Waals surface area (Å²) in [6, 6.07) is 7.09. The zero-order valence-corrected chi connectivity index (χ0v) is 13.0. The molecular weight excluding hydrogens is 280 g/mol. The van der Waals surface area contributed by atoms with E-state index in [4.69, 9.17) is 0 Å². The molecule has 1 atom stereocenters. The van der Waals surface area contributed by atoms with Gasteiger partial charge in [-0.3, -0.25) is 14.3 Å². The maximum atomic E-state index is 12.0. The molecule has 1 heterocycles. The third-order valence-electron chi connectivity index (χ3n) is 3.47. The number of nitrogens with zero attached hydrogens (tertiary/aromatic N) is 2. The van der Waals surface area contributed by atoms with Crippen molar-refractivity contribution in [2.24, 2.45) is 0 Å². The Bertz CT molecular complexity index is 645. The summed E-state index contributed by atoms with van der Waals surface area (Å²) in [7, 11) is 0. The Hall–Kier alpha value is -2.63. The van der Waals surface area contributed by atoms with E-state index in [9.17, 15) is 9.59 Å². The molecule has 0 fully saturated rings. The van der Waals surface area contributed by atoms with Crippen molar-refractivity contribution in [3.63, 3.8) is 0 Å². The molecule has 0 saturated heterocycles. The molecular formula is C16H20N4O2. The normalized spacial score (nSPS) is 11.8. The van der Waals surface area contributed by atoms with Crippen molar-refractivity contribution in [1.29, 1.82) is 0 Å². The van der Waals surface area contributed by atoms with Gasteiger partial charge in [0.25, 0.3) is 0 Å². The van der Waals surface area contributed by atoms with E-state index in [0.717, 1.165) is 16.8 Å². The van der Waals surface area contributed by atoms with E-state index in [1.54, 1.807) is 30.1 Å². The zero-order valence-electron chi connectivity index (χ0n) is 13.0. The van der Waals surface area contributed by atoms with Crippen LogP contribution in [-0.2, 0) is 9.59 Å². The van der Waals surface area contributed by atoms with Crippen LogP contribution in [0.2, 0.25) is 0 Å². The number of amides is 2. The highest BCUT2D eigenvalue weighted by Gasteiger charge is 2.16. The van der Waals surface area contributed by atoms with Crippen LogP contribution in [-0.4, -0.2) is 28.1 Å². The van der Waals surface area contributed by atoms with Crippen LogP contribution in [0.15, 0.2) is 36.7 Å². The van der Waals surface area contributed by atoms with Crippen LogP contribution in [0.3, 0.4) is 0 Å². The summed E-state index contributed by atoms with van der Waals surface area (Å²) < 4.78 is 1.54. The number of para-hydroxylation sites is 1. The first-order valence-corrected chi connectivity index (χ1v) is 7.12. The molecule has 116 valence electrons. The molecule has 0 aliphatic carbocycles. The van der Waals surface area contributed by atoms with E-state index in [1.165, 1.54) is 0 Å². The highest BCUT2D eigenvalue weighted by Crippen LogP contribution is 2.18. The van der Waals surface area contributed by atoms with Crippen molar-refractivity contribution in [3.8, 4) is 0 Å². The lowest BCUT2D eigenvalue weighted by Crippen LogP contribution is -2.37. The average molecular weight is 300 g/mol. The van der Waals surface area contributed by atoms with Crippen molar-refractivity contribution >= 4 is 17.5 Å². The number of aryl methyl sites for hydroxylation is 2. The van der Waals surface area contributed by atoms with E-state index >= 15 is 0 Å². The third-order valence-corrected chi connectivity index (χ3v) is 3.47. The predicted molar refractivity (Wildman–Crippen MR) is 84.5 cm³/mol. The molecule has 0 saturated carbocycles. The molecule has 6 heteroatoms. The minimum Gasteiger partial charge on any atom is -0.345 e. The molecule has 0 aliphatic rings. The molecule has 0 spiro atoms. The SMILES string of the molecule is Cc1cccc(C)c1NC(=O)CNC(=O)[C@H](C)n1cccn1. The van der Waals surface area contributed by atoms with Crippen LogP contribution in [0.4, 0.5) is 5.69 Å². The number of carbonyl (C=O) groups excluding carboxylic acids is 2. The topological polar surface area (TPSA) is 76.0 Å². The Morgan fingerprint density at radius 2 is 1.91 bits per heavy atom. The number of benzene rings is 1. The van der Waals surface area contributed by atoms with E-state index in [1.807, 2.05) is 32.0 Å². The molecule has 2 aromatic rings. The van der Waals surface area contributed by atoms with Gasteiger partial charge in [0.05, 0.1) is 6.54 Å². The fraction of sp³-hybridized carbons (Fsp3) is 0.312. The number of aromatic nitrogens is 2. The Balaban J connectivity index is 1.89. The molecule has 6 nitrogen and oxygen atoms in total. The lowest BCUT2D eigenvalue weighted by molar-refractivity contribution is -0.126. The third kappa shape index (κ3) is 3.72. The second kappa shape index (κ2) is 6.89. The highest BCUT2D eigenvalue weighted by atomic mass is 16.2. The first kappa shape index (κ1) is 15.8. The van der Waals surface area contributed by atoms with E-state index in [-0.39, 0.29) is 18.4 Å². The van der Waals surface area contributed by atoms with Crippen molar-refractivity contribution in [1.82, 2.24) is 15.1 Å². The number of carbonyl (C=O) groups is 2. The molecule has 0 radical (unpaired) electrons. The summed E-state index contributed by atoms with van der Waals surface area (Å²) >= 11 is 0. The van der Waals surface area contributed by atoms with E-state index < -0.39 is 6.04 Å². The van der Waals surface area contributed by atoms with Crippen LogP contribution in [0.5, 0.6) is 0 Å². The van der Waals surface area contributed by atoms with Crippen LogP contribution in [0, 0.1) is 13.8 Å². The van der Waals surface area contributed by atoms with E-state index in [0.29, 0.717) is 0 Å². The van der Waals surface area contributed by atoms with Crippen molar-refractivity contribution in [2.75, 3.05) is 11.9 Å². The van der Waals surface area contributed by atoms with Gasteiger partial charge in [0.1, 0.15) is 6.04 Å². The number of hydrogen-bond acceptors (Lipinski definition) is 3. The quantitative estimate of drug-likeness (QED) is 0.884. The predicted octanol–water partition coefficient (Wildman–Crippen LogP) is 1.82. The largest absolute Gasteiger partial charge is 0.345 e. The Kier molecular flexibility index (Phi) is 4.93. The van der Waals surface area contributed by atoms with Crippen LogP contribution in [0.1, 0.15) is 24.1 Å². The zero-order chi connectivity index (χ0) is 16.1. The molecule has 1 aromatic carbocycles. The minimum absolute atomic E-state index is 0.0712. The summed E-state index contributed by atoms with van der Waals surface area (Å²) in [5.41, 5.74) is 2.77. The average Bonchev–Trinajstić information content (AvgIpc) is 3.02. The van der Waals surface area contributed by atoms with Gasteiger partial charge >= 0.3 is 0 Å². The fourth-order valence-corrected chi connectivity index (χ4v) is 2.14. The summed E-state index contributed by atoms with van der Waals surface area (Å²) in [6.45, 7) is 5.52. The van der Waals surface area contributed by atoms with E-state index in [2.05, 4.69) is 15.7 Å². The van der Waals surface area contributed by atoms with Crippen LogP contribution < -0.4 is 10.6 Å². The number of hydrogen-bond donors (Lipinski definition) is 2. The maximum absolute atomic E-state index is 12.0. The fourth-order valence-electron chi connectivity index (χ4n) is 2.14. The second-order valence-corrected chi connectivity index (χ2v) is 5.19. The molecule has 0 unspecified atom stereocenters. The summed E-state index contributed by atoms with van der Waals surface area (Å²) in [6.07, 6.45) is 3.32. The van der Waals surface area contributed by atoms with Crippen molar-refractivity contribution < 1.29 is 9.59 Å².